The van der Waals surface area contributed by atoms with E-state index >= 15 is 0 Å². The number of benzene rings is 1. The molecule has 1 spiro atoms. The number of aryl methyl sites for hydroxylation is 2. The molecule has 3 aliphatic heterocycles. The molecule has 314 valence electrons. The summed E-state index contributed by atoms with van der Waals surface area (Å²) in [4.78, 5) is 62.4. The van der Waals surface area contributed by atoms with Crippen LogP contribution >= 0.6 is 0 Å². The van der Waals surface area contributed by atoms with E-state index in [9.17, 15) is 40.8 Å². The second-order valence-corrected chi connectivity index (χ2v) is 19.7. The van der Waals surface area contributed by atoms with Gasteiger partial charge in [-0.25, -0.2) is 18.2 Å². The molecule has 0 radical (unpaired) electrons. The Kier molecular flexibility index (Phi) is 9.70. The Balaban J connectivity index is 1.13. The quantitative estimate of drug-likeness (QED) is 0.330. The Morgan fingerprint density at radius 1 is 1.05 bits per heavy atom. The number of rotatable bonds is 6. The zero-order valence-electron chi connectivity index (χ0n) is 32.6. The van der Waals surface area contributed by atoms with E-state index in [0.717, 1.165) is 12.8 Å². The molecule has 1 aromatic carbocycles. The molecule has 58 heavy (non-hydrogen) atoms. The topological polar surface area (TPSA) is 182 Å². The Hall–Kier alpha value is -4.61. The van der Waals surface area contributed by atoms with Gasteiger partial charge < -0.3 is 29.7 Å². The molecule has 4 fully saturated rings. The maximum atomic E-state index is 14.7. The predicted molar refractivity (Wildman–Crippen MR) is 202 cm³/mol. The van der Waals surface area contributed by atoms with Crippen LogP contribution in [0.25, 0.3) is 10.9 Å². The molecule has 3 aliphatic carbocycles. The summed E-state index contributed by atoms with van der Waals surface area (Å²) in [5.41, 5.74) is -1.88. The van der Waals surface area contributed by atoms with Crippen LogP contribution in [0.5, 0.6) is 11.5 Å². The van der Waals surface area contributed by atoms with Crippen LogP contribution in [0.2, 0.25) is 0 Å². The van der Waals surface area contributed by atoms with Gasteiger partial charge in [-0.15, -0.1) is 13.2 Å². The van der Waals surface area contributed by atoms with Gasteiger partial charge in [-0.2, -0.15) is 0 Å². The molecule has 18 heteroatoms. The van der Waals surface area contributed by atoms with Crippen molar-refractivity contribution in [1.82, 2.24) is 25.2 Å². The Morgan fingerprint density at radius 3 is 2.52 bits per heavy atom. The number of ether oxygens (including phenoxy) is 3. The average molecular weight is 832 g/mol. The van der Waals surface area contributed by atoms with Crippen LogP contribution in [0.3, 0.4) is 0 Å². The predicted octanol–water partition coefficient (Wildman–Crippen LogP) is 5.15. The SMILES string of the molecule is Cc1nc2ccc(OC(F)(F)F)cc2c2c1O[C@]1(CC2)C[C@H]2C(=O)N[C@]3(C(=O)NS(=O)(=O)C4(C)CC4)CC3/C=C\CCCCC[C@H](NC(=O)OC3(C)CC3)C(=O)N2C1. The summed E-state index contributed by atoms with van der Waals surface area (Å²) in [6.07, 6.45) is 3.90. The molecule has 1 saturated heterocycles. The van der Waals surface area contributed by atoms with E-state index in [0.29, 0.717) is 72.9 Å². The summed E-state index contributed by atoms with van der Waals surface area (Å²) in [5.74, 6) is -2.68. The first kappa shape index (κ1) is 40.2. The molecule has 14 nitrogen and oxygen atoms in total. The first-order valence-corrected chi connectivity index (χ1v) is 21.5. The van der Waals surface area contributed by atoms with Gasteiger partial charge in [-0.05, 0) is 103 Å². The normalized spacial score (nSPS) is 30.6. The largest absolute Gasteiger partial charge is 0.573 e. The monoisotopic (exact) mass is 831 g/mol. The fourth-order valence-corrected chi connectivity index (χ4v) is 9.85. The van der Waals surface area contributed by atoms with E-state index in [4.69, 9.17) is 9.47 Å². The standard InChI is InChI=1S/C40H48F3N5O9S/c1-23-31-26(27-19-25(55-40(41,42)43)11-12-28(27)44-23)13-14-38(56-31)21-30-32(49)46-39(34(51)47-58(53,54)37(3)17-18-37)20-24(39)9-7-5-4-6-8-10-29(33(50)48(30)22-38)45-35(52)57-36(2)15-16-36/h7,9,11-12,19,24,29-30H,4-6,8,10,13-18,20-22H2,1-3H3,(H,45,52)(H,46,49)(H,47,51)/b9-7-/t24?,29-,30-,38+,39+/m0/s1. The van der Waals surface area contributed by atoms with Crippen LogP contribution < -0.4 is 24.8 Å². The van der Waals surface area contributed by atoms with Crippen LogP contribution in [0.4, 0.5) is 18.0 Å². The van der Waals surface area contributed by atoms with E-state index < -0.39 is 85.4 Å². The molecule has 1 unspecified atom stereocenters. The molecule has 5 atom stereocenters. The van der Waals surface area contributed by atoms with E-state index in [1.807, 2.05) is 12.2 Å². The van der Waals surface area contributed by atoms with Gasteiger partial charge in [0.25, 0.3) is 5.91 Å². The highest BCUT2D eigenvalue weighted by molar-refractivity contribution is 7.91. The van der Waals surface area contributed by atoms with Crippen LogP contribution in [-0.4, -0.2) is 88.6 Å². The second kappa shape index (κ2) is 14.0. The van der Waals surface area contributed by atoms with Crippen LogP contribution in [-0.2, 0) is 35.6 Å². The number of amides is 4. The Bertz CT molecular complexity index is 2210. The Morgan fingerprint density at radius 2 is 1.81 bits per heavy atom. The lowest BCUT2D eigenvalue weighted by Crippen LogP contribution is -2.58. The van der Waals surface area contributed by atoms with Crippen molar-refractivity contribution >= 4 is 44.7 Å². The highest BCUT2D eigenvalue weighted by atomic mass is 32.2. The van der Waals surface area contributed by atoms with E-state index in [-0.39, 0.29) is 32.2 Å². The van der Waals surface area contributed by atoms with Crippen molar-refractivity contribution < 1.29 is 55.0 Å². The summed E-state index contributed by atoms with van der Waals surface area (Å²) >= 11 is 0. The van der Waals surface area contributed by atoms with Gasteiger partial charge in [0.05, 0.1) is 22.5 Å². The van der Waals surface area contributed by atoms with Crippen molar-refractivity contribution in [3.63, 3.8) is 0 Å². The van der Waals surface area contributed by atoms with E-state index in [1.54, 1.807) is 20.8 Å². The zero-order chi connectivity index (χ0) is 41.5. The fourth-order valence-electron chi connectivity index (χ4n) is 8.54. The number of pyridine rings is 1. The van der Waals surface area contributed by atoms with Crippen LogP contribution in [0.15, 0.2) is 30.4 Å². The van der Waals surface area contributed by atoms with Gasteiger partial charge in [0.2, 0.25) is 21.8 Å². The van der Waals surface area contributed by atoms with Gasteiger partial charge >= 0.3 is 12.5 Å². The minimum atomic E-state index is -4.90. The van der Waals surface area contributed by atoms with Gasteiger partial charge in [-0.1, -0.05) is 25.0 Å². The molecule has 8 rings (SSSR count). The van der Waals surface area contributed by atoms with Crippen LogP contribution in [0, 0.1) is 12.8 Å². The summed E-state index contributed by atoms with van der Waals surface area (Å²) in [7, 11) is -4.05. The van der Waals surface area contributed by atoms with Crippen LogP contribution in [0.1, 0.15) is 102 Å². The Labute approximate surface area is 334 Å². The number of alkyl carbamates (subject to hydrolysis) is 1. The number of hydrogen-bond donors (Lipinski definition) is 3. The molecule has 4 amide bonds. The number of alkyl halides is 3. The number of allylic oxidation sites excluding steroid dienone is 1. The second-order valence-electron chi connectivity index (χ2n) is 17.5. The molecule has 6 aliphatic rings. The summed E-state index contributed by atoms with van der Waals surface area (Å²) in [5, 5.41) is 6.04. The average Bonchev–Trinajstić information content (AvgIpc) is 4.10. The maximum absolute atomic E-state index is 14.7. The van der Waals surface area contributed by atoms with Crippen molar-refractivity contribution in [1.29, 1.82) is 0 Å². The molecular formula is C40H48F3N5O9S. The summed E-state index contributed by atoms with van der Waals surface area (Å²) < 4.78 is 83.5. The molecule has 4 heterocycles. The number of carbonyl (C=O) groups is 4. The lowest BCUT2D eigenvalue weighted by atomic mass is 9.87. The van der Waals surface area contributed by atoms with Crippen molar-refractivity contribution in [2.24, 2.45) is 5.92 Å². The number of sulfonamides is 1. The minimum absolute atomic E-state index is 0.0392. The van der Waals surface area contributed by atoms with Crippen molar-refractivity contribution in [2.45, 2.75) is 144 Å². The third kappa shape index (κ3) is 7.79. The first-order chi connectivity index (χ1) is 27.2. The molecule has 3 N–H and O–H groups in total. The van der Waals surface area contributed by atoms with E-state index in [1.165, 1.54) is 23.1 Å². The van der Waals surface area contributed by atoms with Gasteiger partial charge in [-0.3, -0.25) is 19.1 Å². The number of fused-ring (bicyclic) bond motifs is 5. The molecule has 1 aromatic heterocycles. The van der Waals surface area contributed by atoms with Crippen molar-refractivity contribution in [2.75, 3.05) is 6.54 Å². The molecule has 3 saturated carbocycles. The highest BCUT2D eigenvalue weighted by Crippen LogP contribution is 2.49. The van der Waals surface area contributed by atoms with Gasteiger partial charge in [0.1, 0.15) is 40.3 Å². The number of hydrogen-bond acceptors (Lipinski definition) is 10. The van der Waals surface area contributed by atoms with Gasteiger partial charge in [0.15, 0.2) is 0 Å². The number of nitrogens with zero attached hydrogens (tertiary/aromatic N) is 2. The third-order valence-electron chi connectivity index (χ3n) is 12.8. The molecular weight excluding hydrogens is 784 g/mol. The first-order valence-electron chi connectivity index (χ1n) is 20.0. The fraction of sp³-hybridized carbons (Fsp3) is 0.625. The number of nitrogens with one attached hydrogen (secondary N) is 3. The van der Waals surface area contributed by atoms with Gasteiger partial charge in [0, 0.05) is 23.3 Å². The third-order valence-corrected chi connectivity index (χ3v) is 14.9. The number of halogens is 3. The smallest absolute Gasteiger partial charge is 0.483 e. The highest BCUT2D eigenvalue weighted by Gasteiger charge is 2.64. The molecule has 0 bridgehead atoms. The lowest BCUT2D eigenvalue weighted by Gasteiger charge is -2.36. The van der Waals surface area contributed by atoms with Crippen molar-refractivity contribution in [3.8, 4) is 11.5 Å². The summed E-state index contributed by atoms with van der Waals surface area (Å²) in [6.45, 7) is 4.97. The zero-order valence-corrected chi connectivity index (χ0v) is 33.4. The molecule has 2 aromatic rings. The minimum Gasteiger partial charge on any atom is -0.483 e. The lowest BCUT2D eigenvalue weighted by molar-refractivity contribution is -0.274. The summed E-state index contributed by atoms with van der Waals surface area (Å²) in [6, 6.07) is 1.61. The maximum Gasteiger partial charge on any atom is 0.573 e. The number of aromatic nitrogens is 1. The van der Waals surface area contributed by atoms with E-state index in [2.05, 4.69) is 25.1 Å². The van der Waals surface area contributed by atoms with Crippen molar-refractivity contribution in [3.05, 3.63) is 41.6 Å². The number of carbonyl (C=O) groups excluding carboxylic acids is 4.